The van der Waals surface area contributed by atoms with Crippen molar-refractivity contribution in [3.63, 3.8) is 0 Å². The summed E-state index contributed by atoms with van der Waals surface area (Å²) in [6.07, 6.45) is 8.53. The minimum atomic E-state index is -2.05. The Morgan fingerprint density at radius 1 is 1.00 bits per heavy atom. The molecule has 1 fully saturated rings. The van der Waals surface area contributed by atoms with Crippen molar-refractivity contribution in [2.24, 2.45) is 0 Å². The van der Waals surface area contributed by atoms with Gasteiger partial charge in [-0.05, 0) is 49.1 Å². The number of hydrogen-bond donors (Lipinski definition) is 0. The molecule has 1 saturated heterocycles. The lowest BCUT2D eigenvalue weighted by atomic mass is 10.2. The van der Waals surface area contributed by atoms with Gasteiger partial charge in [-0.1, -0.05) is 60.1 Å². The standard InChI is InChI=1S/C28H49N7O3Si2/c1-12-13-14-20-16-35(33-32-20)26-24-25(29-18-30-26)34(19-31-24)23-15-21(38-40(10,11)28(5,6)7)22(37-23)17-36-39(8,9)27(2,3)4/h16,18-19,21-23H,12-15,17H2,1-11H3/t21-,22+,23+/m0/s1. The smallest absolute Gasteiger partial charge is 0.192 e. The summed E-state index contributed by atoms with van der Waals surface area (Å²) in [5.74, 6) is 0.615. The Hall–Kier alpha value is -2.00. The average Bonchev–Trinajstić information content (AvgIpc) is 3.58. The topological polar surface area (TPSA) is 102 Å². The zero-order valence-corrected chi connectivity index (χ0v) is 28.4. The van der Waals surface area contributed by atoms with Crippen LogP contribution < -0.4 is 0 Å². The maximum atomic E-state index is 6.96. The van der Waals surface area contributed by atoms with Gasteiger partial charge in [-0.2, -0.15) is 4.68 Å². The molecule has 0 N–H and O–H groups in total. The number of rotatable bonds is 10. The molecular weight excluding hydrogens is 539 g/mol. The van der Waals surface area contributed by atoms with E-state index in [4.69, 9.17) is 18.6 Å². The van der Waals surface area contributed by atoms with Gasteiger partial charge in [0, 0.05) is 6.42 Å². The zero-order valence-electron chi connectivity index (χ0n) is 26.4. The Morgan fingerprint density at radius 2 is 1.70 bits per heavy atom. The molecule has 3 aromatic heterocycles. The van der Waals surface area contributed by atoms with Gasteiger partial charge in [-0.15, -0.1) is 5.10 Å². The van der Waals surface area contributed by atoms with Crippen LogP contribution in [0.15, 0.2) is 18.9 Å². The van der Waals surface area contributed by atoms with Crippen LogP contribution in [0.25, 0.3) is 17.0 Å². The molecule has 0 saturated carbocycles. The van der Waals surface area contributed by atoms with Crippen molar-refractivity contribution in [3.8, 4) is 5.82 Å². The first-order chi connectivity index (χ1) is 18.5. The molecule has 0 aliphatic carbocycles. The van der Waals surface area contributed by atoms with Gasteiger partial charge in [0.25, 0.3) is 0 Å². The van der Waals surface area contributed by atoms with E-state index in [0.29, 0.717) is 30.0 Å². The molecule has 0 unspecified atom stereocenters. The van der Waals surface area contributed by atoms with Crippen LogP contribution in [0.4, 0.5) is 0 Å². The summed E-state index contributed by atoms with van der Waals surface area (Å²) in [7, 11) is -4.01. The van der Waals surface area contributed by atoms with Crippen LogP contribution in [-0.2, 0) is 20.0 Å². The molecule has 12 heteroatoms. The van der Waals surface area contributed by atoms with Crippen molar-refractivity contribution in [3.05, 3.63) is 24.5 Å². The predicted octanol–water partition coefficient (Wildman–Crippen LogP) is 6.45. The van der Waals surface area contributed by atoms with Gasteiger partial charge in [0.1, 0.15) is 18.7 Å². The SMILES string of the molecule is CCCCc1cn(-c2ncnc3c2ncn3[C@H]2C[C@H](O[Si](C)(C)C(C)(C)C)[C@@H](CO[Si](C)(C)C(C)(C)C)O2)nn1. The minimum Gasteiger partial charge on any atom is -0.414 e. The lowest BCUT2D eigenvalue weighted by molar-refractivity contribution is -0.0383. The number of imidazole rings is 1. The molecule has 0 bridgehead atoms. The molecule has 0 amide bonds. The monoisotopic (exact) mass is 587 g/mol. The van der Waals surface area contributed by atoms with E-state index in [1.807, 2.05) is 10.8 Å². The second kappa shape index (κ2) is 11.4. The van der Waals surface area contributed by atoms with E-state index in [9.17, 15) is 0 Å². The van der Waals surface area contributed by atoms with Crippen LogP contribution in [0, 0.1) is 0 Å². The quantitative estimate of drug-likeness (QED) is 0.249. The third-order valence-electron chi connectivity index (χ3n) is 9.04. The highest BCUT2D eigenvalue weighted by Gasteiger charge is 2.47. The molecule has 3 aromatic rings. The van der Waals surface area contributed by atoms with Gasteiger partial charge in [0.05, 0.1) is 30.9 Å². The average molecular weight is 588 g/mol. The molecule has 0 spiro atoms. The van der Waals surface area contributed by atoms with Crippen LogP contribution >= 0.6 is 0 Å². The Labute approximate surface area is 241 Å². The molecule has 10 nitrogen and oxygen atoms in total. The number of aryl methyl sites for hydroxylation is 1. The van der Waals surface area contributed by atoms with Crippen molar-refractivity contribution in [2.45, 2.75) is 129 Å². The second-order valence-electron chi connectivity index (χ2n) is 14.1. The molecule has 0 aromatic carbocycles. The van der Waals surface area contributed by atoms with Crippen molar-refractivity contribution in [1.82, 2.24) is 34.5 Å². The number of unbranched alkanes of at least 4 members (excludes halogenated alkanes) is 1. The molecule has 3 atom stereocenters. The Balaban J connectivity index is 1.62. The third-order valence-corrected chi connectivity index (χ3v) is 18.0. The summed E-state index contributed by atoms with van der Waals surface area (Å²) >= 11 is 0. The Morgan fingerprint density at radius 3 is 2.35 bits per heavy atom. The summed E-state index contributed by atoms with van der Waals surface area (Å²) < 4.78 is 24.0. The van der Waals surface area contributed by atoms with Crippen molar-refractivity contribution < 1.29 is 13.6 Å². The fourth-order valence-electron chi connectivity index (χ4n) is 4.30. The highest BCUT2D eigenvalue weighted by Crippen LogP contribution is 2.43. The number of fused-ring (bicyclic) bond motifs is 1. The number of nitrogens with zero attached hydrogens (tertiary/aromatic N) is 7. The first-order valence-electron chi connectivity index (χ1n) is 14.6. The van der Waals surface area contributed by atoms with Crippen LogP contribution in [0.5, 0.6) is 0 Å². The van der Waals surface area contributed by atoms with Gasteiger partial charge in [-0.3, -0.25) is 4.57 Å². The second-order valence-corrected chi connectivity index (χ2v) is 23.7. The molecule has 1 aliphatic rings. The van der Waals surface area contributed by atoms with E-state index >= 15 is 0 Å². The van der Waals surface area contributed by atoms with E-state index < -0.39 is 16.6 Å². The van der Waals surface area contributed by atoms with Crippen molar-refractivity contribution in [1.29, 1.82) is 0 Å². The summed E-state index contributed by atoms with van der Waals surface area (Å²) in [5.41, 5.74) is 2.32. The summed E-state index contributed by atoms with van der Waals surface area (Å²) in [6, 6.07) is 0. The van der Waals surface area contributed by atoms with Crippen LogP contribution in [0.2, 0.25) is 36.3 Å². The minimum absolute atomic E-state index is 0.0779. The van der Waals surface area contributed by atoms with Crippen molar-refractivity contribution in [2.75, 3.05) is 6.61 Å². The Kier molecular flexibility index (Phi) is 8.78. The molecule has 0 radical (unpaired) electrons. The van der Waals surface area contributed by atoms with Gasteiger partial charge >= 0.3 is 0 Å². The molecule has 4 rings (SSSR count). The lowest BCUT2D eigenvalue weighted by Crippen LogP contribution is -2.48. The third kappa shape index (κ3) is 6.40. The fourth-order valence-corrected chi connectivity index (χ4v) is 6.67. The number of hydrogen-bond acceptors (Lipinski definition) is 8. The number of ether oxygens (including phenoxy) is 1. The summed E-state index contributed by atoms with van der Waals surface area (Å²) in [4.78, 5) is 13.8. The summed E-state index contributed by atoms with van der Waals surface area (Å²) in [5, 5.41) is 8.85. The summed E-state index contributed by atoms with van der Waals surface area (Å²) in [6.45, 7) is 25.4. The normalized spacial score (nSPS) is 21.0. The molecule has 222 valence electrons. The highest BCUT2D eigenvalue weighted by atomic mass is 28.4. The Bertz CT molecular complexity index is 1290. The highest BCUT2D eigenvalue weighted by molar-refractivity contribution is 6.74. The lowest BCUT2D eigenvalue weighted by Gasteiger charge is -2.40. The van der Waals surface area contributed by atoms with E-state index in [0.717, 1.165) is 25.0 Å². The maximum Gasteiger partial charge on any atom is 0.192 e. The first-order valence-corrected chi connectivity index (χ1v) is 20.4. The molecule has 1 aliphatic heterocycles. The van der Waals surface area contributed by atoms with Crippen LogP contribution in [0.3, 0.4) is 0 Å². The van der Waals surface area contributed by atoms with Crippen LogP contribution in [0.1, 0.15) is 79.7 Å². The first kappa shape index (κ1) is 31.0. The van der Waals surface area contributed by atoms with Gasteiger partial charge < -0.3 is 13.6 Å². The van der Waals surface area contributed by atoms with Gasteiger partial charge in [0.2, 0.25) is 0 Å². The predicted molar refractivity (Wildman–Crippen MR) is 163 cm³/mol. The van der Waals surface area contributed by atoms with Gasteiger partial charge in [0.15, 0.2) is 33.6 Å². The zero-order chi connectivity index (χ0) is 29.5. The van der Waals surface area contributed by atoms with Gasteiger partial charge in [-0.25, -0.2) is 15.0 Å². The van der Waals surface area contributed by atoms with E-state index in [-0.39, 0.29) is 28.5 Å². The number of aromatic nitrogens is 7. The molecular formula is C28H49N7O3Si2. The van der Waals surface area contributed by atoms with Crippen LogP contribution in [-0.4, -0.2) is 70.0 Å². The molecule has 40 heavy (non-hydrogen) atoms. The fraction of sp³-hybridized carbons (Fsp3) is 0.750. The largest absolute Gasteiger partial charge is 0.414 e. The van der Waals surface area contributed by atoms with Crippen molar-refractivity contribution >= 4 is 27.8 Å². The molecule has 4 heterocycles. The van der Waals surface area contributed by atoms with E-state index in [1.165, 1.54) is 0 Å². The van der Waals surface area contributed by atoms with E-state index in [2.05, 4.69) is 94.9 Å². The maximum absolute atomic E-state index is 6.96. The van der Waals surface area contributed by atoms with E-state index in [1.54, 1.807) is 17.3 Å².